The average molecular weight is 272 g/mol. The fourth-order valence-corrected chi connectivity index (χ4v) is 2.08. The molecule has 1 unspecified atom stereocenters. The van der Waals surface area contributed by atoms with Gasteiger partial charge in [-0.15, -0.1) is 0 Å². The minimum atomic E-state index is -1.18. The highest BCUT2D eigenvalue weighted by Gasteiger charge is 2.23. The van der Waals surface area contributed by atoms with E-state index in [2.05, 4.69) is 5.32 Å². The third kappa shape index (κ3) is 3.37. The van der Waals surface area contributed by atoms with Crippen molar-refractivity contribution in [1.82, 2.24) is 0 Å². The zero-order valence-corrected chi connectivity index (χ0v) is 10.2. The molecule has 0 amide bonds. The molecule has 1 saturated heterocycles. The molecule has 1 aliphatic heterocycles. The van der Waals surface area contributed by atoms with Crippen LogP contribution in [-0.2, 0) is 4.74 Å². The zero-order chi connectivity index (χ0) is 13.8. The van der Waals surface area contributed by atoms with Crippen LogP contribution >= 0.6 is 0 Å². The van der Waals surface area contributed by atoms with E-state index in [0.717, 1.165) is 25.3 Å². The Kier molecular flexibility index (Phi) is 4.26. The molecule has 0 saturated carbocycles. The van der Waals surface area contributed by atoms with E-state index in [4.69, 9.17) is 4.74 Å². The summed E-state index contributed by atoms with van der Waals surface area (Å²) in [6, 6.07) is 1.42. The molecular formula is C12H14F2N2O3. The van der Waals surface area contributed by atoms with E-state index in [9.17, 15) is 18.9 Å². The molecule has 0 aliphatic carbocycles. The van der Waals surface area contributed by atoms with Crippen LogP contribution < -0.4 is 5.32 Å². The first-order valence-electron chi connectivity index (χ1n) is 6.07. The summed E-state index contributed by atoms with van der Waals surface area (Å²) in [5.41, 5.74) is -0.895. The maximum atomic E-state index is 13.4. The van der Waals surface area contributed by atoms with E-state index in [1.165, 1.54) is 0 Å². The molecule has 0 radical (unpaired) electrons. The first-order valence-corrected chi connectivity index (χ1v) is 6.07. The molecule has 1 N–H and O–H groups in total. The minimum Gasteiger partial charge on any atom is -0.377 e. The predicted octanol–water partition coefficient (Wildman–Crippen LogP) is 2.85. The topological polar surface area (TPSA) is 64.4 Å². The van der Waals surface area contributed by atoms with Crippen molar-refractivity contribution < 1.29 is 18.4 Å². The number of nitro benzene ring substituents is 1. The number of nitrogens with zero attached hydrogens (tertiary/aromatic N) is 1. The van der Waals surface area contributed by atoms with Crippen molar-refractivity contribution in [2.45, 2.75) is 25.4 Å². The first-order chi connectivity index (χ1) is 9.08. The van der Waals surface area contributed by atoms with Crippen molar-refractivity contribution in [2.75, 3.05) is 18.5 Å². The molecule has 1 fully saturated rings. The quantitative estimate of drug-likeness (QED) is 0.676. The molecule has 0 spiro atoms. The lowest BCUT2D eigenvalue weighted by Gasteiger charge is -2.23. The molecule has 0 aromatic heterocycles. The Morgan fingerprint density at radius 1 is 1.42 bits per heavy atom. The van der Waals surface area contributed by atoms with Crippen LogP contribution in [0.15, 0.2) is 12.1 Å². The minimum absolute atomic E-state index is 0.0836. The normalized spacial score (nSPS) is 19.2. The van der Waals surface area contributed by atoms with Gasteiger partial charge in [-0.3, -0.25) is 10.1 Å². The van der Waals surface area contributed by atoms with Crippen LogP contribution in [0.25, 0.3) is 0 Å². The van der Waals surface area contributed by atoms with Gasteiger partial charge in [0.1, 0.15) is 11.5 Å². The summed E-state index contributed by atoms with van der Waals surface area (Å²) in [5.74, 6) is -2.03. The Morgan fingerprint density at radius 3 is 2.84 bits per heavy atom. The number of hydrogen-bond acceptors (Lipinski definition) is 4. The van der Waals surface area contributed by atoms with E-state index in [1.54, 1.807) is 0 Å². The number of benzene rings is 1. The van der Waals surface area contributed by atoms with E-state index in [1.807, 2.05) is 0 Å². The molecule has 1 aliphatic rings. The van der Waals surface area contributed by atoms with Crippen LogP contribution in [0.2, 0.25) is 0 Å². The molecular weight excluding hydrogens is 258 g/mol. The van der Waals surface area contributed by atoms with Crippen molar-refractivity contribution >= 4 is 11.4 Å². The molecule has 0 bridgehead atoms. The van der Waals surface area contributed by atoms with Gasteiger partial charge in [0, 0.05) is 25.3 Å². The molecule has 104 valence electrons. The molecule has 5 nitrogen and oxygen atoms in total. The lowest BCUT2D eigenvalue weighted by atomic mass is 10.1. The Bertz CT molecular complexity index is 476. The fourth-order valence-electron chi connectivity index (χ4n) is 2.08. The number of ether oxygens (including phenoxy) is 1. The Morgan fingerprint density at radius 2 is 2.21 bits per heavy atom. The predicted molar refractivity (Wildman–Crippen MR) is 65.1 cm³/mol. The zero-order valence-electron chi connectivity index (χ0n) is 10.2. The summed E-state index contributed by atoms with van der Waals surface area (Å²) in [7, 11) is 0. The second-order valence-electron chi connectivity index (χ2n) is 4.41. The summed E-state index contributed by atoms with van der Waals surface area (Å²) >= 11 is 0. The Labute approximate surface area is 108 Å². The number of rotatable bonds is 4. The molecule has 1 aromatic carbocycles. The van der Waals surface area contributed by atoms with Gasteiger partial charge in [-0.1, -0.05) is 0 Å². The van der Waals surface area contributed by atoms with E-state index in [0.29, 0.717) is 19.2 Å². The van der Waals surface area contributed by atoms with Gasteiger partial charge in [0.2, 0.25) is 5.82 Å². The van der Waals surface area contributed by atoms with Crippen molar-refractivity contribution in [3.63, 3.8) is 0 Å². The van der Waals surface area contributed by atoms with Crippen molar-refractivity contribution in [1.29, 1.82) is 0 Å². The van der Waals surface area contributed by atoms with Crippen LogP contribution in [0, 0.1) is 21.7 Å². The SMILES string of the molecule is O=[N+]([O-])c1c(F)cc(F)cc1NCC1CCCCO1. The highest BCUT2D eigenvalue weighted by Crippen LogP contribution is 2.29. The van der Waals surface area contributed by atoms with Gasteiger partial charge in [-0.05, 0) is 19.3 Å². The van der Waals surface area contributed by atoms with Crippen LogP contribution in [0.1, 0.15) is 19.3 Å². The van der Waals surface area contributed by atoms with Crippen molar-refractivity contribution in [2.24, 2.45) is 0 Å². The number of nitro groups is 1. The summed E-state index contributed by atoms with van der Waals surface area (Å²) in [5, 5.41) is 13.5. The number of hydrogen-bond donors (Lipinski definition) is 1. The summed E-state index contributed by atoms with van der Waals surface area (Å²) in [6.45, 7) is 0.940. The second kappa shape index (κ2) is 5.92. The number of nitrogens with one attached hydrogen (secondary N) is 1. The molecule has 7 heteroatoms. The van der Waals surface area contributed by atoms with Gasteiger partial charge >= 0.3 is 5.69 Å². The smallest absolute Gasteiger partial charge is 0.327 e. The molecule has 2 rings (SSSR count). The van der Waals surface area contributed by atoms with Gasteiger partial charge in [-0.2, -0.15) is 4.39 Å². The summed E-state index contributed by atoms with van der Waals surface area (Å²) < 4.78 is 31.9. The largest absolute Gasteiger partial charge is 0.377 e. The Hall–Kier alpha value is -1.76. The third-order valence-corrected chi connectivity index (χ3v) is 3.00. The van der Waals surface area contributed by atoms with Gasteiger partial charge in [0.15, 0.2) is 0 Å². The highest BCUT2D eigenvalue weighted by molar-refractivity contribution is 5.62. The van der Waals surface area contributed by atoms with E-state index >= 15 is 0 Å². The highest BCUT2D eigenvalue weighted by atomic mass is 19.1. The standard InChI is InChI=1S/C12H14F2N2O3/c13-8-5-10(14)12(16(17)18)11(6-8)15-7-9-3-1-2-4-19-9/h5-6,9,15H,1-4,7H2. The van der Waals surface area contributed by atoms with Crippen LogP contribution in [0.4, 0.5) is 20.2 Å². The van der Waals surface area contributed by atoms with E-state index < -0.39 is 22.2 Å². The van der Waals surface area contributed by atoms with E-state index in [-0.39, 0.29) is 11.8 Å². The third-order valence-electron chi connectivity index (χ3n) is 3.00. The van der Waals surface area contributed by atoms with Crippen molar-refractivity contribution in [3.05, 3.63) is 33.9 Å². The summed E-state index contributed by atoms with van der Waals surface area (Å²) in [6.07, 6.45) is 2.76. The first kappa shape index (κ1) is 13.7. The maximum Gasteiger partial charge on any atom is 0.327 e. The number of anilines is 1. The molecule has 19 heavy (non-hydrogen) atoms. The van der Waals surface area contributed by atoms with Gasteiger partial charge < -0.3 is 10.1 Å². The molecule has 1 aromatic rings. The van der Waals surface area contributed by atoms with Gasteiger partial charge in [0.25, 0.3) is 0 Å². The number of halogens is 2. The maximum absolute atomic E-state index is 13.4. The monoisotopic (exact) mass is 272 g/mol. The van der Waals surface area contributed by atoms with Gasteiger partial charge in [-0.25, -0.2) is 4.39 Å². The fraction of sp³-hybridized carbons (Fsp3) is 0.500. The van der Waals surface area contributed by atoms with Gasteiger partial charge in [0.05, 0.1) is 11.0 Å². The van der Waals surface area contributed by atoms with Crippen LogP contribution in [0.3, 0.4) is 0 Å². The molecule has 1 atom stereocenters. The average Bonchev–Trinajstić information content (AvgIpc) is 2.36. The molecule has 1 heterocycles. The Balaban J connectivity index is 2.12. The lowest BCUT2D eigenvalue weighted by molar-refractivity contribution is -0.386. The van der Waals surface area contributed by atoms with Crippen molar-refractivity contribution in [3.8, 4) is 0 Å². The van der Waals surface area contributed by atoms with Crippen LogP contribution in [-0.4, -0.2) is 24.2 Å². The second-order valence-corrected chi connectivity index (χ2v) is 4.41. The summed E-state index contributed by atoms with van der Waals surface area (Å²) in [4.78, 5) is 9.91. The lowest BCUT2D eigenvalue weighted by Crippen LogP contribution is -2.27. The van der Waals surface area contributed by atoms with Crippen LogP contribution in [0.5, 0.6) is 0 Å².